The molecule has 0 bridgehead atoms. The summed E-state index contributed by atoms with van der Waals surface area (Å²) >= 11 is 9.36. The maximum Gasteiger partial charge on any atom is 0.160 e. The number of hydrogen-bond donors (Lipinski definition) is 1. The van der Waals surface area contributed by atoms with E-state index in [-0.39, 0.29) is 0 Å². The van der Waals surface area contributed by atoms with Gasteiger partial charge in [0.1, 0.15) is 0 Å². The summed E-state index contributed by atoms with van der Waals surface area (Å²) in [5.41, 5.74) is 1.39. The van der Waals surface area contributed by atoms with Crippen molar-refractivity contribution in [2.45, 2.75) is 6.54 Å². The predicted molar refractivity (Wildman–Crippen MR) is 72.8 cm³/mol. The summed E-state index contributed by atoms with van der Waals surface area (Å²) in [6, 6.07) is 9.19. The van der Waals surface area contributed by atoms with Crippen molar-refractivity contribution in [1.82, 2.24) is 0 Å². The standard InChI is InChI=1S/C13H9BrClF2N/c14-9-2-1-8(11(15)5-9)7-18-10-3-4-12(16)13(17)6-10/h1-6,18H,7H2. The molecule has 2 rings (SSSR count). The predicted octanol–water partition coefficient (Wildman–Crippen LogP) is 4.99. The zero-order chi connectivity index (χ0) is 13.1. The van der Waals surface area contributed by atoms with Gasteiger partial charge < -0.3 is 5.32 Å². The minimum Gasteiger partial charge on any atom is -0.381 e. The van der Waals surface area contributed by atoms with Crippen LogP contribution in [0.5, 0.6) is 0 Å². The van der Waals surface area contributed by atoms with Crippen LogP contribution in [-0.4, -0.2) is 0 Å². The SMILES string of the molecule is Fc1ccc(NCc2ccc(Br)cc2Cl)cc1F. The average Bonchev–Trinajstić information content (AvgIpc) is 2.32. The molecule has 0 unspecified atom stereocenters. The molecule has 2 aromatic rings. The third kappa shape index (κ3) is 3.21. The zero-order valence-corrected chi connectivity index (χ0v) is 11.5. The lowest BCUT2D eigenvalue weighted by Gasteiger charge is -2.08. The van der Waals surface area contributed by atoms with Crippen molar-refractivity contribution in [3.63, 3.8) is 0 Å². The normalized spacial score (nSPS) is 10.4. The van der Waals surface area contributed by atoms with Crippen LogP contribution in [0.15, 0.2) is 40.9 Å². The van der Waals surface area contributed by atoms with Crippen molar-refractivity contribution in [3.8, 4) is 0 Å². The monoisotopic (exact) mass is 331 g/mol. The lowest BCUT2D eigenvalue weighted by molar-refractivity contribution is 0.509. The Bertz CT molecular complexity index is 575. The second-order valence-corrected chi connectivity index (χ2v) is 5.04. The minimum atomic E-state index is -0.873. The largest absolute Gasteiger partial charge is 0.381 e. The molecular formula is C13H9BrClF2N. The van der Waals surface area contributed by atoms with E-state index in [1.54, 1.807) is 6.07 Å². The van der Waals surface area contributed by atoms with Gasteiger partial charge >= 0.3 is 0 Å². The summed E-state index contributed by atoms with van der Waals surface area (Å²) in [6.07, 6.45) is 0. The summed E-state index contributed by atoms with van der Waals surface area (Å²) in [5.74, 6) is -1.73. The summed E-state index contributed by atoms with van der Waals surface area (Å²) < 4.78 is 26.6. The molecule has 1 N–H and O–H groups in total. The Morgan fingerprint density at radius 1 is 1.06 bits per heavy atom. The first-order chi connectivity index (χ1) is 8.56. The van der Waals surface area contributed by atoms with Crippen molar-refractivity contribution in [1.29, 1.82) is 0 Å². The van der Waals surface area contributed by atoms with E-state index in [0.717, 1.165) is 22.2 Å². The van der Waals surface area contributed by atoms with E-state index in [1.807, 2.05) is 12.1 Å². The van der Waals surface area contributed by atoms with E-state index in [2.05, 4.69) is 21.2 Å². The van der Waals surface area contributed by atoms with Crippen molar-refractivity contribution in [2.24, 2.45) is 0 Å². The van der Waals surface area contributed by atoms with Crippen LogP contribution >= 0.6 is 27.5 Å². The number of hydrogen-bond acceptors (Lipinski definition) is 1. The molecule has 0 heterocycles. The molecule has 0 saturated heterocycles. The molecule has 0 saturated carbocycles. The molecule has 0 atom stereocenters. The van der Waals surface area contributed by atoms with Crippen LogP contribution in [0, 0.1) is 11.6 Å². The lowest BCUT2D eigenvalue weighted by atomic mass is 10.2. The van der Waals surface area contributed by atoms with E-state index in [0.29, 0.717) is 17.3 Å². The van der Waals surface area contributed by atoms with Crippen LogP contribution in [0.2, 0.25) is 5.02 Å². The van der Waals surface area contributed by atoms with Crippen molar-refractivity contribution in [2.75, 3.05) is 5.32 Å². The van der Waals surface area contributed by atoms with Gasteiger partial charge in [0.15, 0.2) is 11.6 Å². The summed E-state index contributed by atoms with van der Waals surface area (Å²) in [5, 5.41) is 3.59. The Balaban J connectivity index is 2.09. The molecule has 0 amide bonds. The van der Waals surface area contributed by atoms with Gasteiger partial charge in [-0.15, -0.1) is 0 Å². The topological polar surface area (TPSA) is 12.0 Å². The molecular weight excluding hydrogens is 324 g/mol. The van der Waals surface area contributed by atoms with Gasteiger partial charge in [0, 0.05) is 27.8 Å². The fourth-order valence-corrected chi connectivity index (χ4v) is 2.21. The number of benzene rings is 2. The van der Waals surface area contributed by atoms with Crippen LogP contribution in [0.1, 0.15) is 5.56 Å². The maximum absolute atomic E-state index is 13.0. The van der Waals surface area contributed by atoms with Gasteiger partial charge in [-0.3, -0.25) is 0 Å². The highest BCUT2D eigenvalue weighted by Crippen LogP contribution is 2.22. The molecule has 0 fully saturated rings. The quantitative estimate of drug-likeness (QED) is 0.834. The molecule has 0 spiro atoms. The Hall–Kier alpha value is -1.13. The van der Waals surface area contributed by atoms with Gasteiger partial charge in [0.25, 0.3) is 0 Å². The number of anilines is 1. The Kier molecular flexibility index (Phi) is 4.19. The van der Waals surface area contributed by atoms with E-state index in [4.69, 9.17) is 11.6 Å². The van der Waals surface area contributed by atoms with Crippen LogP contribution in [0.4, 0.5) is 14.5 Å². The molecule has 0 radical (unpaired) electrons. The van der Waals surface area contributed by atoms with E-state index >= 15 is 0 Å². The maximum atomic E-state index is 13.0. The molecule has 18 heavy (non-hydrogen) atoms. The zero-order valence-electron chi connectivity index (χ0n) is 9.18. The first-order valence-electron chi connectivity index (χ1n) is 5.19. The summed E-state index contributed by atoms with van der Waals surface area (Å²) in [4.78, 5) is 0. The van der Waals surface area contributed by atoms with Crippen molar-refractivity contribution < 1.29 is 8.78 Å². The molecule has 2 aromatic carbocycles. The van der Waals surface area contributed by atoms with Crippen LogP contribution in [-0.2, 0) is 6.54 Å². The lowest BCUT2D eigenvalue weighted by Crippen LogP contribution is -2.00. The second-order valence-electron chi connectivity index (χ2n) is 3.72. The van der Waals surface area contributed by atoms with E-state index in [9.17, 15) is 8.78 Å². The van der Waals surface area contributed by atoms with Gasteiger partial charge in [-0.1, -0.05) is 33.6 Å². The first-order valence-corrected chi connectivity index (χ1v) is 6.36. The number of rotatable bonds is 3. The highest BCUT2D eigenvalue weighted by Gasteiger charge is 2.04. The second kappa shape index (κ2) is 5.67. The third-order valence-corrected chi connectivity index (χ3v) is 3.26. The van der Waals surface area contributed by atoms with Crippen LogP contribution < -0.4 is 5.32 Å². The van der Waals surface area contributed by atoms with Gasteiger partial charge in [-0.2, -0.15) is 0 Å². The van der Waals surface area contributed by atoms with Gasteiger partial charge in [0.2, 0.25) is 0 Å². The summed E-state index contributed by atoms with van der Waals surface area (Å²) in [6.45, 7) is 0.442. The molecule has 94 valence electrons. The Morgan fingerprint density at radius 2 is 1.83 bits per heavy atom. The van der Waals surface area contributed by atoms with Crippen LogP contribution in [0.25, 0.3) is 0 Å². The van der Waals surface area contributed by atoms with E-state index < -0.39 is 11.6 Å². The highest BCUT2D eigenvalue weighted by molar-refractivity contribution is 9.10. The smallest absolute Gasteiger partial charge is 0.160 e. The third-order valence-electron chi connectivity index (χ3n) is 2.42. The molecule has 0 aliphatic carbocycles. The fraction of sp³-hybridized carbons (Fsp3) is 0.0769. The molecule has 5 heteroatoms. The van der Waals surface area contributed by atoms with Crippen molar-refractivity contribution in [3.05, 3.63) is 63.1 Å². The van der Waals surface area contributed by atoms with Crippen LogP contribution in [0.3, 0.4) is 0 Å². The minimum absolute atomic E-state index is 0.442. The Labute approximate surface area is 117 Å². The first kappa shape index (κ1) is 13.3. The average molecular weight is 333 g/mol. The number of halogens is 4. The molecule has 1 nitrogen and oxygen atoms in total. The highest BCUT2D eigenvalue weighted by atomic mass is 79.9. The van der Waals surface area contributed by atoms with Gasteiger partial charge in [-0.05, 0) is 29.8 Å². The molecule has 0 aliphatic heterocycles. The number of nitrogens with one attached hydrogen (secondary N) is 1. The summed E-state index contributed by atoms with van der Waals surface area (Å²) in [7, 11) is 0. The molecule has 0 aliphatic rings. The van der Waals surface area contributed by atoms with Gasteiger partial charge in [0.05, 0.1) is 0 Å². The van der Waals surface area contributed by atoms with Gasteiger partial charge in [-0.25, -0.2) is 8.78 Å². The fourth-order valence-electron chi connectivity index (χ4n) is 1.47. The Morgan fingerprint density at radius 3 is 2.50 bits per heavy atom. The molecule has 0 aromatic heterocycles. The van der Waals surface area contributed by atoms with E-state index in [1.165, 1.54) is 6.07 Å². The van der Waals surface area contributed by atoms with Crippen molar-refractivity contribution >= 4 is 33.2 Å².